The lowest BCUT2D eigenvalue weighted by Gasteiger charge is -2.24. The van der Waals surface area contributed by atoms with Crippen LogP contribution in [-0.2, 0) is 19.4 Å². The summed E-state index contributed by atoms with van der Waals surface area (Å²) in [6.45, 7) is 9.03. The molecule has 0 aliphatic carbocycles. The minimum Gasteiger partial charge on any atom is -0.346 e. The van der Waals surface area contributed by atoms with Crippen LogP contribution in [0.25, 0.3) is 0 Å². The predicted molar refractivity (Wildman–Crippen MR) is 96.3 cm³/mol. The van der Waals surface area contributed by atoms with Crippen LogP contribution < -0.4 is 5.32 Å². The number of nitrogens with zero attached hydrogens (tertiary/aromatic N) is 2. The van der Waals surface area contributed by atoms with Gasteiger partial charge in [0.2, 0.25) is 0 Å². The minimum atomic E-state index is -0.245. The molecule has 1 amide bonds. The third-order valence-corrected chi connectivity index (χ3v) is 4.57. The fourth-order valence-electron chi connectivity index (χ4n) is 3.26. The van der Waals surface area contributed by atoms with E-state index in [2.05, 4.69) is 46.1 Å². The van der Waals surface area contributed by atoms with Crippen molar-refractivity contribution < 1.29 is 4.79 Å². The van der Waals surface area contributed by atoms with Crippen LogP contribution >= 0.6 is 0 Å². The molecule has 2 heterocycles. The fourth-order valence-corrected chi connectivity index (χ4v) is 3.26. The van der Waals surface area contributed by atoms with Crippen LogP contribution in [0.5, 0.6) is 0 Å². The Morgan fingerprint density at radius 2 is 2.00 bits per heavy atom. The summed E-state index contributed by atoms with van der Waals surface area (Å²) in [7, 11) is 0. The monoisotopic (exact) mass is 325 g/mol. The van der Waals surface area contributed by atoms with Crippen molar-refractivity contribution in [3.05, 3.63) is 53.1 Å². The number of carbonyl (C=O) groups excluding carboxylic acids is 1. The van der Waals surface area contributed by atoms with E-state index in [1.54, 1.807) is 0 Å². The Morgan fingerprint density at radius 3 is 2.62 bits per heavy atom. The highest BCUT2D eigenvalue weighted by Gasteiger charge is 2.24. The molecule has 1 atom stereocenters. The molecule has 1 unspecified atom stereocenters. The second-order valence-electron chi connectivity index (χ2n) is 7.73. The fraction of sp³-hybridized carbons (Fsp3) is 0.500. The van der Waals surface area contributed by atoms with Gasteiger partial charge < -0.3 is 9.88 Å². The molecule has 1 aromatic carbocycles. The third-order valence-electron chi connectivity index (χ3n) is 4.57. The summed E-state index contributed by atoms with van der Waals surface area (Å²) in [5.41, 5.74) is 3.04. The number of fused-ring (bicyclic) bond motifs is 1. The van der Waals surface area contributed by atoms with Gasteiger partial charge in [0.25, 0.3) is 5.91 Å². The molecule has 3 rings (SSSR count). The Balaban J connectivity index is 1.75. The van der Waals surface area contributed by atoms with Crippen molar-refractivity contribution in [1.82, 2.24) is 14.9 Å². The van der Waals surface area contributed by atoms with Crippen LogP contribution in [0.1, 0.15) is 67.5 Å². The SMILES string of the molecule is CCc1ccc(C2CCc3nc(C(=O)NC(C)(C)C)cn3C2)cc1. The standard InChI is InChI=1S/C20H27N3O/c1-5-14-6-8-15(9-7-14)16-10-11-18-21-17(13-23(18)12-16)19(24)22-20(2,3)4/h6-9,13,16H,5,10-12H2,1-4H3,(H,22,24). The Hall–Kier alpha value is -2.10. The Morgan fingerprint density at radius 1 is 1.29 bits per heavy atom. The Labute approximate surface area is 144 Å². The number of aryl methyl sites for hydroxylation is 2. The molecule has 0 saturated carbocycles. The van der Waals surface area contributed by atoms with E-state index in [-0.39, 0.29) is 11.4 Å². The summed E-state index contributed by atoms with van der Waals surface area (Å²) >= 11 is 0. The maximum absolute atomic E-state index is 12.3. The van der Waals surface area contributed by atoms with Gasteiger partial charge in [0.05, 0.1) is 0 Å². The number of aromatic nitrogens is 2. The maximum atomic E-state index is 12.3. The van der Waals surface area contributed by atoms with Crippen molar-refractivity contribution in [2.24, 2.45) is 0 Å². The van der Waals surface area contributed by atoms with Gasteiger partial charge in [-0.3, -0.25) is 4.79 Å². The van der Waals surface area contributed by atoms with E-state index in [9.17, 15) is 4.79 Å². The van der Waals surface area contributed by atoms with Crippen LogP contribution in [0, 0.1) is 0 Å². The predicted octanol–water partition coefficient (Wildman–Crippen LogP) is 3.70. The van der Waals surface area contributed by atoms with E-state index in [1.807, 2.05) is 27.0 Å². The van der Waals surface area contributed by atoms with Gasteiger partial charge in [-0.05, 0) is 44.7 Å². The molecule has 1 aliphatic heterocycles. The van der Waals surface area contributed by atoms with Gasteiger partial charge in [0.1, 0.15) is 11.5 Å². The smallest absolute Gasteiger partial charge is 0.271 e. The first kappa shape index (κ1) is 16.7. The van der Waals surface area contributed by atoms with Gasteiger partial charge in [0.15, 0.2) is 0 Å². The third kappa shape index (κ3) is 3.69. The molecule has 4 nitrogen and oxygen atoms in total. The molecule has 2 aromatic rings. The summed E-state index contributed by atoms with van der Waals surface area (Å²) in [5.74, 6) is 1.43. The summed E-state index contributed by atoms with van der Waals surface area (Å²) < 4.78 is 2.15. The van der Waals surface area contributed by atoms with Crippen molar-refractivity contribution in [1.29, 1.82) is 0 Å². The number of nitrogens with one attached hydrogen (secondary N) is 1. The molecule has 0 fully saturated rings. The molecular weight excluding hydrogens is 298 g/mol. The largest absolute Gasteiger partial charge is 0.346 e. The molecule has 4 heteroatoms. The number of benzene rings is 1. The van der Waals surface area contributed by atoms with Gasteiger partial charge >= 0.3 is 0 Å². The van der Waals surface area contributed by atoms with Crippen LogP contribution in [0.4, 0.5) is 0 Å². The summed E-state index contributed by atoms with van der Waals surface area (Å²) in [6, 6.07) is 8.94. The summed E-state index contributed by atoms with van der Waals surface area (Å²) in [4.78, 5) is 16.9. The molecule has 0 saturated heterocycles. The number of rotatable bonds is 3. The quantitative estimate of drug-likeness (QED) is 0.935. The number of carbonyl (C=O) groups is 1. The molecule has 128 valence electrons. The highest BCUT2D eigenvalue weighted by molar-refractivity contribution is 5.92. The Bertz CT molecular complexity index is 722. The lowest BCUT2D eigenvalue weighted by molar-refractivity contribution is 0.0914. The van der Waals surface area contributed by atoms with Crippen LogP contribution in [0.2, 0.25) is 0 Å². The first-order valence-electron chi connectivity index (χ1n) is 8.83. The van der Waals surface area contributed by atoms with Crippen molar-refractivity contribution >= 4 is 5.91 Å². The van der Waals surface area contributed by atoms with Crippen LogP contribution in [0.3, 0.4) is 0 Å². The van der Waals surface area contributed by atoms with Gasteiger partial charge in [-0.2, -0.15) is 0 Å². The van der Waals surface area contributed by atoms with Crippen LogP contribution in [0.15, 0.2) is 30.5 Å². The van der Waals surface area contributed by atoms with Crippen molar-refractivity contribution in [2.45, 2.75) is 65.0 Å². The van der Waals surface area contributed by atoms with E-state index < -0.39 is 0 Å². The average Bonchev–Trinajstić information content (AvgIpc) is 2.96. The number of hydrogen-bond acceptors (Lipinski definition) is 2. The lowest BCUT2D eigenvalue weighted by atomic mass is 9.91. The number of hydrogen-bond donors (Lipinski definition) is 1. The Kier molecular flexibility index (Phi) is 4.48. The van der Waals surface area contributed by atoms with Crippen molar-refractivity contribution in [2.75, 3.05) is 0 Å². The normalized spacial score (nSPS) is 17.4. The highest BCUT2D eigenvalue weighted by atomic mass is 16.2. The molecular formula is C20H27N3O. The molecule has 0 bridgehead atoms. The number of amides is 1. The van der Waals surface area contributed by atoms with E-state index in [0.29, 0.717) is 11.6 Å². The van der Waals surface area contributed by atoms with E-state index in [0.717, 1.165) is 31.6 Å². The van der Waals surface area contributed by atoms with Crippen molar-refractivity contribution in [3.8, 4) is 0 Å². The average molecular weight is 325 g/mol. The van der Waals surface area contributed by atoms with Gasteiger partial charge in [0, 0.05) is 30.6 Å². The molecule has 1 N–H and O–H groups in total. The first-order valence-corrected chi connectivity index (χ1v) is 8.83. The second-order valence-corrected chi connectivity index (χ2v) is 7.73. The van der Waals surface area contributed by atoms with E-state index in [1.165, 1.54) is 11.1 Å². The minimum absolute atomic E-state index is 0.0896. The zero-order chi connectivity index (χ0) is 17.3. The molecule has 1 aliphatic rings. The first-order chi connectivity index (χ1) is 11.4. The molecule has 24 heavy (non-hydrogen) atoms. The van der Waals surface area contributed by atoms with E-state index >= 15 is 0 Å². The number of imidazole rings is 1. The van der Waals surface area contributed by atoms with Gasteiger partial charge in [-0.25, -0.2) is 4.98 Å². The summed E-state index contributed by atoms with van der Waals surface area (Å²) in [5, 5.41) is 2.99. The zero-order valence-corrected chi connectivity index (χ0v) is 15.1. The lowest BCUT2D eigenvalue weighted by Crippen LogP contribution is -2.40. The van der Waals surface area contributed by atoms with E-state index in [4.69, 9.17) is 0 Å². The second kappa shape index (κ2) is 6.42. The van der Waals surface area contributed by atoms with Gasteiger partial charge in [-0.15, -0.1) is 0 Å². The molecule has 0 spiro atoms. The van der Waals surface area contributed by atoms with Crippen LogP contribution in [-0.4, -0.2) is 21.0 Å². The zero-order valence-electron chi connectivity index (χ0n) is 15.1. The maximum Gasteiger partial charge on any atom is 0.271 e. The highest BCUT2D eigenvalue weighted by Crippen LogP contribution is 2.29. The molecule has 0 radical (unpaired) electrons. The topological polar surface area (TPSA) is 46.9 Å². The van der Waals surface area contributed by atoms with Gasteiger partial charge in [-0.1, -0.05) is 31.2 Å². The summed E-state index contributed by atoms with van der Waals surface area (Å²) in [6.07, 6.45) is 4.98. The van der Waals surface area contributed by atoms with Crippen molar-refractivity contribution in [3.63, 3.8) is 0 Å². The molecule has 1 aromatic heterocycles.